The average molecular weight is 140 g/mol. The lowest BCUT2D eigenvalue weighted by molar-refractivity contribution is 0.561. The van der Waals surface area contributed by atoms with Gasteiger partial charge in [0.2, 0.25) is 10.5 Å². The van der Waals surface area contributed by atoms with Crippen molar-refractivity contribution in [2.45, 2.75) is 11.4 Å². The summed E-state index contributed by atoms with van der Waals surface area (Å²) in [5.41, 5.74) is 0. The first-order valence-electron chi connectivity index (χ1n) is 1.53. The summed E-state index contributed by atoms with van der Waals surface area (Å²) < 4.78 is -1.30. The van der Waals surface area contributed by atoms with Crippen LogP contribution in [0.4, 0.5) is 0 Å². The van der Waals surface area contributed by atoms with Crippen molar-refractivity contribution in [2.75, 3.05) is 0 Å². The molecular formula is C3H3Cl2NO. The Hall–Kier alpha value is -0.0400. The lowest BCUT2D eigenvalue weighted by Gasteiger charge is -1.98. The van der Waals surface area contributed by atoms with Crippen molar-refractivity contribution in [3.8, 4) is 0 Å². The zero-order chi connectivity index (χ0) is 5.91. The van der Waals surface area contributed by atoms with Gasteiger partial charge in [-0.15, -0.1) is 0 Å². The van der Waals surface area contributed by atoms with E-state index < -0.39 is 4.46 Å². The van der Waals surface area contributed by atoms with Gasteiger partial charge in [-0.25, -0.2) is 4.79 Å². The lowest BCUT2D eigenvalue weighted by Crippen LogP contribution is -1.98. The number of carbonyl (C=O) groups excluding carboxylic acids is 1. The van der Waals surface area contributed by atoms with Crippen LogP contribution in [0.1, 0.15) is 6.92 Å². The summed E-state index contributed by atoms with van der Waals surface area (Å²) in [6.45, 7) is 1.38. The second-order valence-electron chi connectivity index (χ2n) is 1.05. The SMILES string of the molecule is CC(Cl)(Cl)N=C=O. The number of halogens is 2. The molecule has 0 rings (SSSR count). The number of aliphatic imine (C=N–C) groups is 1. The molecule has 0 aliphatic heterocycles. The van der Waals surface area contributed by atoms with Gasteiger partial charge in [0.05, 0.1) is 0 Å². The van der Waals surface area contributed by atoms with E-state index in [1.54, 1.807) is 0 Å². The summed E-state index contributed by atoms with van der Waals surface area (Å²) in [7, 11) is 0. The predicted octanol–water partition coefficient (Wildman–Crippen LogP) is 1.47. The molecule has 0 atom stereocenters. The van der Waals surface area contributed by atoms with Crippen molar-refractivity contribution in [1.82, 2.24) is 0 Å². The number of hydrogen-bond acceptors (Lipinski definition) is 2. The Labute approximate surface area is 51.1 Å². The number of hydrogen-bond donors (Lipinski definition) is 0. The Morgan fingerprint density at radius 1 is 1.71 bits per heavy atom. The fourth-order valence-corrected chi connectivity index (χ4v) is 0.149. The van der Waals surface area contributed by atoms with Gasteiger partial charge in [0, 0.05) is 0 Å². The molecule has 0 spiro atoms. The van der Waals surface area contributed by atoms with Crippen LogP contribution in [-0.4, -0.2) is 10.5 Å². The van der Waals surface area contributed by atoms with Gasteiger partial charge in [-0.1, -0.05) is 23.2 Å². The van der Waals surface area contributed by atoms with Crippen LogP contribution in [0.5, 0.6) is 0 Å². The van der Waals surface area contributed by atoms with Crippen molar-refractivity contribution in [3.63, 3.8) is 0 Å². The highest BCUT2D eigenvalue weighted by Gasteiger charge is 2.11. The molecule has 0 aliphatic carbocycles. The fourth-order valence-electron chi connectivity index (χ4n) is 0.0801. The quantitative estimate of drug-likeness (QED) is 0.234. The first-order chi connectivity index (χ1) is 3.06. The Morgan fingerprint density at radius 3 is 2.14 bits per heavy atom. The van der Waals surface area contributed by atoms with Crippen molar-refractivity contribution in [2.24, 2.45) is 4.99 Å². The Bertz CT molecular complexity index is 100.0. The molecule has 2 nitrogen and oxygen atoms in total. The topological polar surface area (TPSA) is 29.4 Å². The van der Waals surface area contributed by atoms with Crippen LogP contribution in [0.15, 0.2) is 4.99 Å². The number of alkyl halides is 2. The molecule has 0 aromatic rings. The molecule has 0 amide bonds. The maximum Gasteiger partial charge on any atom is 0.238 e. The smallest absolute Gasteiger partial charge is 0.211 e. The minimum atomic E-state index is -1.30. The standard InChI is InChI=1S/C3H3Cl2NO/c1-3(4,5)6-2-7/h1H3. The lowest BCUT2D eigenvalue weighted by atomic mass is 10.8. The molecule has 4 heteroatoms. The summed E-state index contributed by atoms with van der Waals surface area (Å²) in [5, 5.41) is 0. The van der Waals surface area contributed by atoms with Gasteiger partial charge in [0.1, 0.15) is 0 Å². The zero-order valence-corrected chi connectivity index (χ0v) is 5.12. The summed E-state index contributed by atoms with van der Waals surface area (Å²) in [4.78, 5) is 12.3. The molecule has 7 heavy (non-hydrogen) atoms. The van der Waals surface area contributed by atoms with E-state index in [-0.39, 0.29) is 0 Å². The third-order valence-electron chi connectivity index (χ3n) is 0.242. The van der Waals surface area contributed by atoms with Crippen molar-refractivity contribution >= 4 is 29.3 Å². The molecule has 0 heterocycles. The molecule has 0 radical (unpaired) electrons. The molecule has 0 aromatic heterocycles. The Kier molecular flexibility index (Phi) is 2.30. The summed E-state index contributed by atoms with van der Waals surface area (Å²) >= 11 is 10.3. The summed E-state index contributed by atoms with van der Waals surface area (Å²) in [6.07, 6.45) is 1.22. The molecule has 0 aromatic carbocycles. The van der Waals surface area contributed by atoms with Crippen molar-refractivity contribution in [3.05, 3.63) is 0 Å². The van der Waals surface area contributed by atoms with Crippen LogP contribution >= 0.6 is 23.2 Å². The predicted molar refractivity (Wildman–Crippen MR) is 28.2 cm³/mol. The summed E-state index contributed by atoms with van der Waals surface area (Å²) in [5.74, 6) is 0. The average Bonchev–Trinajstić information content (AvgIpc) is 1.30. The normalized spacial score (nSPS) is 10.1. The largest absolute Gasteiger partial charge is 0.238 e. The van der Waals surface area contributed by atoms with Gasteiger partial charge in [-0.2, -0.15) is 4.99 Å². The number of rotatable bonds is 1. The second-order valence-corrected chi connectivity index (χ2v) is 2.71. The van der Waals surface area contributed by atoms with Gasteiger partial charge >= 0.3 is 0 Å². The molecule has 0 aliphatic rings. The molecular weight excluding hydrogens is 137 g/mol. The van der Waals surface area contributed by atoms with E-state index >= 15 is 0 Å². The second kappa shape index (κ2) is 2.31. The van der Waals surface area contributed by atoms with E-state index in [9.17, 15) is 4.79 Å². The highest BCUT2D eigenvalue weighted by atomic mass is 35.5. The van der Waals surface area contributed by atoms with Gasteiger partial charge in [0.25, 0.3) is 0 Å². The molecule has 0 unspecified atom stereocenters. The van der Waals surface area contributed by atoms with E-state index in [1.807, 2.05) is 0 Å². The molecule has 0 fully saturated rings. The zero-order valence-electron chi connectivity index (χ0n) is 3.61. The molecule has 0 N–H and O–H groups in total. The van der Waals surface area contributed by atoms with Gasteiger partial charge < -0.3 is 0 Å². The van der Waals surface area contributed by atoms with Crippen LogP contribution in [0, 0.1) is 0 Å². The van der Waals surface area contributed by atoms with Crippen LogP contribution < -0.4 is 0 Å². The van der Waals surface area contributed by atoms with Crippen LogP contribution in [0.3, 0.4) is 0 Å². The van der Waals surface area contributed by atoms with Gasteiger partial charge in [0.15, 0.2) is 0 Å². The Morgan fingerprint density at radius 2 is 2.14 bits per heavy atom. The first-order valence-corrected chi connectivity index (χ1v) is 2.29. The van der Waals surface area contributed by atoms with Gasteiger partial charge in [-0.05, 0) is 6.92 Å². The third kappa shape index (κ3) is 5.96. The molecule has 0 saturated carbocycles. The maximum absolute atomic E-state index is 9.36. The Balaban J connectivity index is 3.80. The van der Waals surface area contributed by atoms with Crippen LogP contribution in [0.2, 0.25) is 0 Å². The first kappa shape index (κ1) is 6.96. The highest BCUT2D eigenvalue weighted by molar-refractivity contribution is 6.48. The molecule has 0 saturated heterocycles. The monoisotopic (exact) mass is 139 g/mol. The van der Waals surface area contributed by atoms with Crippen molar-refractivity contribution in [1.29, 1.82) is 0 Å². The third-order valence-corrected chi connectivity index (χ3v) is 0.411. The minimum absolute atomic E-state index is 1.22. The summed E-state index contributed by atoms with van der Waals surface area (Å²) in [6, 6.07) is 0. The highest BCUT2D eigenvalue weighted by Crippen LogP contribution is 2.19. The molecule has 40 valence electrons. The molecule has 0 bridgehead atoms. The minimum Gasteiger partial charge on any atom is -0.211 e. The number of nitrogens with zero attached hydrogens (tertiary/aromatic N) is 1. The van der Waals surface area contributed by atoms with E-state index in [4.69, 9.17) is 23.2 Å². The van der Waals surface area contributed by atoms with E-state index in [0.717, 1.165) is 0 Å². The van der Waals surface area contributed by atoms with Crippen molar-refractivity contribution < 1.29 is 4.79 Å². The van der Waals surface area contributed by atoms with Gasteiger partial charge in [-0.3, -0.25) is 0 Å². The van der Waals surface area contributed by atoms with E-state index in [0.29, 0.717) is 0 Å². The fraction of sp³-hybridized carbons (Fsp3) is 0.667. The number of isocyanates is 1. The van der Waals surface area contributed by atoms with E-state index in [2.05, 4.69) is 4.99 Å². The maximum atomic E-state index is 9.36. The van der Waals surface area contributed by atoms with Crippen LogP contribution in [0.25, 0.3) is 0 Å². The van der Waals surface area contributed by atoms with Crippen LogP contribution in [-0.2, 0) is 4.79 Å². The van der Waals surface area contributed by atoms with E-state index in [1.165, 1.54) is 13.0 Å².